The van der Waals surface area contributed by atoms with Gasteiger partial charge in [0.2, 0.25) is 0 Å². The first-order chi connectivity index (χ1) is 7.91. The zero-order chi connectivity index (χ0) is 12.7. The average molecular weight is 230 g/mol. The summed E-state index contributed by atoms with van der Waals surface area (Å²) in [6, 6.07) is 2.27. The molecule has 0 saturated carbocycles. The SMILES string of the molecule is Cc1c(C(C)C)cc2[nH]c(C(C)C)nc2c1C. The second-order valence-electron chi connectivity index (χ2n) is 5.54. The van der Waals surface area contributed by atoms with Crippen molar-refractivity contribution in [2.24, 2.45) is 0 Å². The predicted molar refractivity (Wildman–Crippen MR) is 73.7 cm³/mol. The van der Waals surface area contributed by atoms with Crippen molar-refractivity contribution in [3.63, 3.8) is 0 Å². The van der Waals surface area contributed by atoms with Crippen LogP contribution in [-0.2, 0) is 0 Å². The Hall–Kier alpha value is -1.31. The fourth-order valence-electron chi connectivity index (χ4n) is 2.33. The first-order valence-corrected chi connectivity index (χ1v) is 6.41. The minimum absolute atomic E-state index is 0.449. The summed E-state index contributed by atoms with van der Waals surface area (Å²) in [7, 11) is 0. The van der Waals surface area contributed by atoms with Crippen LogP contribution in [-0.4, -0.2) is 9.97 Å². The molecule has 1 aromatic carbocycles. The van der Waals surface area contributed by atoms with Crippen molar-refractivity contribution < 1.29 is 0 Å². The van der Waals surface area contributed by atoms with E-state index in [1.54, 1.807) is 0 Å². The molecule has 0 aliphatic carbocycles. The monoisotopic (exact) mass is 230 g/mol. The molecule has 2 rings (SSSR count). The zero-order valence-electron chi connectivity index (χ0n) is 11.7. The largest absolute Gasteiger partial charge is 0.342 e. The summed E-state index contributed by atoms with van der Waals surface area (Å²) >= 11 is 0. The van der Waals surface area contributed by atoms with Crippen molar-refractivity contribution in [3.8, 4) is 0 Å². The lowest BCUT2D eigenvalue weighted by Crippen LogP contribution is -1.95. The number of H-pyrrole nitrogens is 1. The van der Waals surface area contributed by atoms with Gasteiger partial charge in [-0.1, -0.05) is 27.7 Å². The van der Waals surface area contributed by atoms with Gasteiger partial charge in [-0.25, -0.2) is 4.98 Å². The standard InChI is InChI=1S/C15H22N2/c1-8(2)12-7-13-14(11(6)10(12)5)17-15(16-13)9(3)4/h7-9H,1-6H3,(H,16,17). The van der Waals surface area contributed by atoms with Crippen LogP contribution in [0.1, 0.15) is 62.0 Å². The number of nitrogens with one attached hydrogen (secondary N) is 1. The van der Waals surface area contributed by atoms with Crippen LogP contribution in [0.2, 0.25) is 0 Å². The van der Waals surface area contributed by atoms with Crippen LogP contribution in [0.15, 0.2) is 6.07 Å². The van der Waals surface area contributed by atoms with Crippen LogP contribution in [0.4, 0.5) is 0 Å². The number of aryl methyl sites for hydroxylation is 1. The molecular weight excluding hydrogens is 208 g/mol. The molecule has 0 spiro atoms. The topological polar surface area (TPSA) is 28.7 Å². The molecule has 0 saturated heterocycles. The van der Waals surface area contributed by atoms with Gasteiger partial charge in [-0.15, -0.1) is 0 Å². The molecule has 0 atom stereocenters. The highest BCUT2D eigenvalue weighted by Gasteiger charge is 2.14. The third-order valence-corrected chi connectivity index (χ3v) is 3.57. The fourth-order valence-corrected chi connectivity index (χ4v) is 2.33. The van der Waals surface area contributed by atoms with Gasteiger partial charge in [-0.3, -0.25) is 0 Å². The number of aromatic amines is 1. The van der Waals surface area contributed by atoms with Gasteiger partial charge in [0.05, 0.1) is 11.0 Å². The Morgan fingerprint density at radius 2 is 1.65 bits per heavy atom. The quantitative estimate of drug-likeness (QED) is 0.812. The molecule has 0 radical (unpaired) electrons. The summed E-state index contributed by atoms with van der Waals surface area (Å²) < 4.78 is 0. The summed E-state index contributed by atoms with van der Waals surface area (Å²) in [6.07, 6.45) is 0. The Labute approximate surface area is 103 Å². The maximum atomic E-state index is 4.72. The number of nitrogens with zero attached hydrogens (tertiary/aromatic N) is 1. The molecular formula is C15H22N2. The van der Waals surface area contributed by atoms with E-state index in [9.17, 15) is 0 Å². The number of rotatable bonds is 2. The van der Waals surface area contributed by atoms with E-state index in [1.165, 1.54) is 22.2 Å². The van der Waals surface area contributed by atoms with Crippen molar-refractivity contribution in [2.45, 2.75) is 53.4 Å². The molecule has 2 heteroatoms. The molecule has 0 bridgehead atoms. The van der Waals surface area contributed by atoms with E-state index in [1.807, 2.05) is 0 Å². The van der Waals surface area contributed by atoms with Crippen molar-refractivity contribution in [1.29, 1.82) is 0 Å². The summed E-state index contributed by atoms with van der Waals surface area (Å²) in [5, 5.41) is 0. The Morgan fingerprint density at radius 3 is 2.18 bits per heavy atom. The Morgan fingerprint density at radius 1 is 1.00 bits per heavy atom. The van der Waals surface area contributed by atoms with Gasteiger partial charge in [0.1, 0.15) is 5.82 Å². The van der Waals surface area contributed by atoms with E-state index < -0.39 is 0 Å². The van der Waals surface area contributed by atoms with E-state index in [0.29, 0.717) is 11.8 Å². The van der Waals surface area contributed by atoms with Gasteiger partial charge in [0.15, 0.2) is 0 Å². The number of benzene rings is 1. The van der Waals surface area contributed by atoms with Gasteiger partial charge in [-0.2, -0.15) is 0 Å². The van der Waals surface area contributed by atoms with Crippen LogP contribution in [0, 0.1) is 13.8 Å². The van der Waals surface area contributed by atoms with Gasteiger partial charge in [0, 0.05) is 5.92 Å². The molecule has 92 valence electrons. The van der Waals surface area contributed by atoms with Crippen molar-refractivity contribution in [2.75, 3.05) is 0 Å². The Bertz CT molecular complexity index is 548. The van der Waals surface area contributed by atoms with Crippen LogP contribution in [0.5, 0.6) is 0 Å². The van der Waals surface area contributed by atoms with Crippen molar-refractivity contribution >= 4 is 11.0 Å². The van der Waals surface area contributed by atoms with Crippen LogP contribution >= 0.6 is 0 Å². The summed E-state index contributed by atoms with van der Waals surface area (Å²) in [5.74, 6) is 2.09. The molecule has 1 N–H and O–H groups in total. The highest BCUT2D eigenvalue weighted by Crippen LogP contribution is 2.29. The number of fused-ring (bicyclic) bond motifs is 1. The minimum atomic E-state index is 0.449. The molecule has 2 aromatic rings. The molecule has 0 aliphatic rings. The van der Waals surface area contributed by atoms with Crippen molar-refractivity contribution in [1.82, 2.24) is 9.97 Å². The third-order valence-electron chi connectivity index (χ3n) is 3.57. The lowest BCUT2D eigenvalue weighted by molar-refractivity contribution is 0.799. The Kier molecular flexibility index (Phi) is 2.98. The van der Waals surface area contributed by atoms with Crippen LogP contribution in [0.3, 0.4) is 0 Å². The van der Waals surface area contributed by atoms with Gasteiger partial charge in [0.25, 0.3) is 0 Å². The molecule has 1 aromatic heterocycles. The maximum Gasteiger partial charge on any atom is 0.109 e. The van der Waals surface area contributed by atoms with Gasteiger partial charge >= 0.3 is 0 Å². The van der Waals surface area contributed by atoms with Crippen LogP contribution < -0.4 is 0 Å². The molecule has 0 unspecified atom stereocenters. The van der Waals surface area contributed by atoms with E-state index in [4.69, 9.17) is 4.98 Å². The molecule has 17 heavy (non-hydrogen) atoms. The molecule has 0 amide bonds. The minimum Gasteiger partial charge on any atom is -0.342 e. The van der Waals surface area contributed by atoms with Gasteiger partial charge in [-0.05, 0) is 42.5 Å². The van der Waals surface area contributed by atoms with Gasteiger partial charge < -0.3 is 4.98 Å². The molecule has 2 nitrogen and oxygen atoms in total. The number of imidazole rings is 1. The predicted octanol–water partition coefficient (Wildman–Crippen LogP) is 4.43. The second-order valence-corrected chi connectivity index (χ2v) is 5.54. The lowest BCUT2D eigenvalue weighted by atomic mass is 9.94. The first-order valence-electron chi connectivity index (χ1n) is 6.41. The molecule has 0 fully saturated rings. The normalized spacial score (nSPS) is 12.0. The number of aromatic nitrogens is 2. The summed E-state index contributed by atoms with van der Waals surface area (Å²) in [4.78, 5) is 8.16. The zero-order valence-corrected chi connectivity index (χ0v) is 11.7. The van der Waals surface area contributed by atoms with E-state index in [-0.39, 0.29) is 0 Å². The number of hydrogen-bond acceptors (Lipinski definition) is 1. The van der Waals surface area contributed by atoms with E-state index in [0.717, 1.165) is 11.3 Å². The number of hydrogen-bond donors (Lipinski definition) is 1. The highest BCUT2D eigenvalue weighted by atomic mass is 14.9. The Balaban J connectivity index is 2.73. The van der Waals surface area contributed by atoms with Crippen molar-refractivity contribution in [3.05, 3.63) is 28.6 Å². The van der Waals surface area contributed by atoms with Crippen LogP contribution in [0.25, 0.3) is 11.0 Å². The summed E-state index contributed by atoms with van der Waals surface area (Å²) in [6.45, 7) is 13.2. The second kappa shape index (κ2) is 4.17. The molecule has 1 heterocycles. The average Bonchev–Trinajstić information content (AvgIpc) is 2.67. The molecule has 0 aliphatic heterocycles. The first kappa shape index (κ1) is 12.2. The summed E-state index contributed by atoms with van der Waals surface area (Å²) in [5.41, 5.74) is 6.44. The fraction of sp³-hybridized carbons (Fsp3) is 0.533. The third kappa shape index (κ3) is 1.97. The smallest absolute Gasteiger partial charge is 0.109 e. The highest BCUT2D eigenvalue weighted by molar-refractivity contribution is 5.81. The maximum absolute atomic E-state index is 4.72. The van der Waals surface area contributed by atoms with E-state index >= 15 is 0 Å². The van der Waals surface area contributed by atoms with E-state index in [2.05, 4.69) is 52.6 Å². The lowest BCUT2D eigenvalue weighted by Gasteiger charge is -2.12.